The Bertz CT molecular complexity index is 377. The summed E-state index contributed by atoms with van der Waals surface area (Å²) in [6, 6.07) is -0.132. The molecule has 0 aromatic carbocycles. The van der Waals surface area contributed by atoms with E-state index in [0.717, 1.165) is 0 Å². The van der Waals surface area contributed by atoms with E-state index >= 15 is 0 Å². The van der Waals surface area contributed by atoms with Crippen molar-refractivity contribution in [1.29, 1.82) is 0 Å². The van der Waals surface area contributed by atoms with E-state index in [4.69, 9.17) is 9.47 Å². The van der Waals surface area contributed by atoms with Gasteiger partial charge in [-0.2, -0.15) is 0 Å². The standard InChI is InChI=1S/C13H22N2O4/c1-5-14-11(16)7-6-8(10-9(7)18-10)15-12(17)19-13(2,3)4/h7-10H,5-6H2,1-4H3,(H,14,16)(H,15,17)/t7-,8+,9+,10-/m1/s1. The van der Waals surface area contributed by atoms with Crippen molar-refractivity contribution in [3.8, 4) is 0 Å². The van der Waals surface area contributed by atoms with Gasteiger partial charge in [0.15, 0.2) is 0 Å². The molecule has 0 aromatic rings. The Hall–Kier alpha value is -1.30. The van der Waals surface area contributed by atoms with Gasteiger partial charge >= 0.3 is 6.09 Å². The molecular formula is C13H22N2O4. The van der Waals surface area contributed by atoms with E-state index in [0.29, 0.717) is 13.0 Å². The Morgan fingerprint density at radius 3 is 2.58 bits per heavy atom. The molecule has 0 radical (unpaired) electrons. The molecule has 2 N–H and O–H groups in total. The van der Waals surface area contributed by atoms with E-state index in [1.54, 1.807) is 0 Å². The normalized spacial score (nSPS) is 32.4. The van der Waals surface area contributed by atoms with Gasteiger partial charge in [-0.25, -0.2) is 4.79 Å². The lowest BCUT2D eigenvalue weighted by Gasteiger charge is -2.22. The molecule has 0 aromatic heterocycles. The average molecular weight is 270 g/mol. The van der Waals surface area contributed by atoms with Crippen LogP contribution in [0.5, 0.6) is 0 Å². The third-order valence-corrected chi connectivity index (χ3v) is 3.25. The summed E-state index contributed by atoms with van der Waals surface area (Å²) < 4.78 is 10.6. The van der Waals surface area contributed by atoms with Crippen LogP contribution in [0, 0.1) is 5.92 Å². The fraction of sp³-hybridized carbons (Fsp3) is 0.846. The summed E-state index contributed by atoms with van der Waals surface area (Å²) in [5.41, 5.74) is -0.522. The minimum atomic E-state index is -0.522. The third kappa shape index (κ3) is 3.37. The number of alkyl carbamates (subject to hydrolysis) is 1. The molecule has 0 bridgehead atoms. The van der Waals surface area contributed by atoms with E-state index in [2.05, 4.69) is 10.6 Å². The van der Waals surface area contributed by atoms with Gasteiger partial charge in [0.05, 0.1) is 18.1 Å². The molecule has 1 heterocycles. The maximum absolute atomic E-state index is 11.8. The predicted molar refractivity (Wildman–Crippen MR) is 68.6 cm³/mol. The number of epoxide rings is 1. The fourth-order valence-corrected chi connectivity index (χ4v) is 2.49. The molecular weight excluding hydrogens is 248 g/mol. The van der Waals surface area contributed by atoms with Crippen LogP contribution in [-0.2, 0) is 14.3 Å². The number of nitrogens with one attached hydrogen (secondary N) is 2. The first-order chi connectivity index (χ1) is 8.81. The van der Waals surface area contributed by atoms with E-state index in [1.165, 1.54) is 0 Å². The number of rotatable bonds is 3. The van der Waals surface area contributed by atoms with Gasteiger partial charge in [0.2, 0.25) is 5.91 Å². The van der Waals surface area contributed by atoms with E-state index in [9.17, 15) is 9.59 Å². The molecule has 1 aliphatic heterocycles. The second kappa shape index (κ2) is 5.00. The van der Waals surface area contributed by atoms with Crippen molar-refractivity contribution in [2.24, 2.45) is 5.92 Å². The van der Waals surface area contributed by atoms with Crippen molar-refractivity contribution in [2.45, 2.75) is 58.0 Å². The van der Waals surface area contributed by atoms with Crippen LogP contribution in [0.4, 0.5) is 4.79 Å². The predicted octanol–water partition coefficient (Wildman–Crippen LogP) is 0.803. The molecule has 1 saturated carbocycles. The SMILES string of the molecule is CCNC(=O)[C@@H]1C[C@H](NC(=O)OC(C)(C)C)[C@H]2O[C@H]21. The molecule has 19 heavy (non-hydrogen) atoms. The van der Waals surface area contributed by atoms with E-state index in [-0.39, 0.29) is 30.1 Å². The molecule has 2 fully saturated rings. The maximum atomic E-state index is 11.8. The summed E-state index contributed by atoms with van der Waals surface area (Å²) in [6.45, 7) is 7.94. The van der Waals surface area contributed by atoms with Crippen LogP contribution >= 0.6 is 0 Å². The summed E-state index contributed by atoms with van der Waals surface area (Å²) >= 11 is 0. The van der Waals surface area contributed by atoms with Gasteiger partial charge < -0.3 is 20.1 Å². The summed E-state index contributed by atoms with van der Waals surface area (Å²) in [4.78, 5) is 23.5. The highest BCUT2D eigenvalue weighted by Gasteiger charge is 2.59. The fourth-order valence-electron chi connectivity index (χ4n) is 2.49. The monoisotopic (exact) mass is 270 g/mol. The number of hydrogen-bond acceptors (Lipinski definition) is 4. The summed E-state index contributed by atoms with van der Waals surface area (Å²) in [6.07, 6.45) is 0.0651. The lowest BCUT2D eigenvalue weighted by molar-refractivity contribution is -0.125. The number of carbonyl (C=O) groups is 2. The van der Waals surface area contributed by atoms with Crippen LogP contribution in [0.3, 0.4) is 0 Å². The molecule has 1 aliphatic carbocycles. The summed E-state index contributed by atoms with van der Waals surface area (Å²) in [5, 5.41) is 5.58. The van der Waals surface area contributed by atoms with Gasteiger partial charge in [-0.3, -0.25) is 4.79 Å². The minimum absolute atomic E-state index is 0.00323. The van der Waals surface area contributed by atoms with Crippen molar-refractivity contribution < 1.29 is 19.1 Å². The molecule has 1 saturated heterocycles. The average Bonchev–Trinajstić information content (AvgIpc) is 2.95. The van der Waals surface area contributed by atoms with E-state index in [1.807, 2.05) is 27.7 Å². The van der Waals surface area contributed by atoms with Crippen LogP contribution in [0.2, 0.25) is 0 Å². The van der Waals surface area contributed by atoms with Gasteiger partial charge in [-0.15, -0.1) is 0 Å². The van der Waals surface area contributed by atoms with Gasteiger partial charge in [0.25, 0.3) is 0 Å². The van der Waals surface area contributed by atoms with Crippen molar-refractivity contribution in [1.82, 2.24) is 10.6 Å². The Morgan fingerprint density at radius 2 is 2.00 bits per heavy atom. The molecule has 0 unspecified atom stereocenters. The minimum Gasteiger partial charge on any atom is -0.444 e. The Labute approximate surface area is 113 Å². The summed E-state index contributed by atoms with van der Waals surface area (Å²) in [5.74, 6) is -0.159. The first-order valence-corrected chi connectivity index (χ1v) is 6.74. The Balaban J connectivity index is 1.84. The molecule has 4 atom stereocenters. The highest BCUT2D eigenvalue weighted by molar-refractivity contribution is 5.80. The molecule has 2 rings (SSSR count). The first kappa shape index (κ1) is 14.1. The largest absolute Gasteiger partial charge is 0.444 e. The van der Waals surface area contributed by atoms with Gasteiger partial charge in [0, 0.05) is 6.54 Å². The van der Waals surface area contributed by atoms with Crippen molar-refractivity contribution >= 4 is 12.0 Å². The number of amides is 2. The highest BCUT2D eigenvalue weighted by Crippen LogP contribution is 2.43. The van der Waals surface area contributed by atoms with E-state index < -0.39 is 11.7 Å². The van der Waals surface area contributed by atoms with Crippen LogP contribution < -0.4 is 10.6 Å². The number of ether oxygens (including phenoxy) is 2. The molecule has 6 nitrogen and oxygen atoms in total. The number of fused-ring (bicyclic) bond motifs is 1. The quantitative estimate of drug-likeness (QED) is 0.743. The second-order valence-corrected chi connectivity index (χ2v) is 6.05. The van der Waals surface area contributed by atoms with Gasteiger partial charge in [-0.05, 0) is 34.1 Å². The van der Waals surface area contributed by atoms with Crippen molar-refractivity contribution in [3.63, 3.8) is 0 Å². The third-order valence-electron chi connectivity index (χ3n) is 3.25. The number of carbonyl (C=O) groups excluding carboxylic acids is 2. The zero-order chi connectivity index (χ0) is 14.2. The zero-order valence-electron chi connectivity index (χ0n) is 11.9. The Kier molecular flexibility index (Phi) is 3.71. The second-order valence-electron chi connectivity index (χ2n) is 6.05. The number of hydrogen-bond donors (Lipinski definition) is 2. The van der Waals surface area contributed by atoms with Crippen molar-refractivity contribution in [3.05, 3.63) is 0 Å². The molecule has 108 valence electrons. The van der Waals surface area contributed by atoms with Crippen molar-refractivity contribution in [2.75, 3.05) is 6.54 Å². The van der Waals surface area contributed by atoms with Gasteiger partial charge in [-0.1, -0.05) is 0 Å². The lowest BCUT2D eigenvalue weighted by Crippen LogP contribution is -2.41. The maximum Gasteiger partial charge on any atom is 0.407 e. The highest BCUT2D eigenvalue weighted by atomic mass is 16.6. The van der Waals surface area contributed by atoms with Crippen LogP contribution in [0.25, 0.3) is 0 Å². The molecule has 6 heteroatoms. The molecule has 0 spiro atoms. The zero-order valence-corrected chi connectivity index (χ0v) is 11.9. The molecule has 2 amide bonds. The van der Waals surface area contributed by atoms with Crippen LogP contribution in [0.15, 0.2) is 0 Å². The van der Waals surface area contributed by atoms with Crippen LogP contribution in [0.1, 0.15) is 34.1 Å². The van der Waals surface area contributed by atoms with Crippen LogP contribution in [-0.4, -0.2) is 42.4 Å². The lowest BCUT2D eigenvalue weighted by atomic mass is 10.1. The smallest absolute Gasteiger partial charge is 0.407 e. The Morgan fingerprint density at radius 1 is 1.32 bits per heavy atom. The topological polar surface area (TPSA) is 80.0 Å². The first-order valence-electron chi connectivity index (χ1n) is 6.74. The summed E-state index contributed by atoms with van der Waals surface area (Å²) in [7, 11) is 0. The van der Waals surface area contributed by atoms with Gasteiger partial charge in [0.1, 0.15) is 11.7 Å². The molecule has 2 aliphatic rings.